The third-order valence-electron chi connectivity index (χ3n) is 2.65. The van der Waals surface area contributed by atoms with Crippen molar-refractivity contribution in [2.75, 3.05) is 19.6 Å². The minimum atomic E-state index is -1.04. The fraction of sp³-hybridized carbons (Fsp3) is 0.385. The van der Waals surface area contributed by atoms with Gasteiger partial charge in [0, 0.05) is 6.54 Å². The van der Waals surface area contributed by atoms with Crippen molar-refractivity contribution in [3.63, 3.8) is 0 Å². The van der Waals surface area contributed by atoms with E-state index < -0.39 is 24.5 Å². The zero-order valence-corrected chi connectivity index (χ0v) is 11.3. The molecule has 0 bridgehead atoms. The lowest BCUT2D eigenvalue weighted by molar-refractivity contribution is -0.154. The molecule has 0 radical (unpaired) electrons. The minimum absolute atomic E-state index is 0.187. The fourth-order valence-corrected chi connectivity index (χ4v) is 1.82. The zero-order chi connectivity index (χ0) is 14.3. The van der Waals surface area contributed by atoms with Gasteiger partial charge in [0.15, 0.2) is 6.04 Å². The van der Waals surface area contributed by atoms with Gasteiger partial charge in [0.05, 0.1) is 13.7 Å². The van der Waals surface area contributed by atoms with Crippen molar-refractivity contribution in [3.05, 3.63) is 35.9 Å². The largest absolute Gasteiger partial charge is 0.467 e. The van der Waals surface area contributed by atoms with Gasteiger partial charge in [0.1, 0.15) is 5.88 Å². The second-order valence-corrected chi connectivity index (χ2v) is 4.13. The lowest BCUT2D eigenvalue weighted by Gasteiger charge is -2.28. The van der Waals surface area contributed by atoms with E-state index in [9.17, 15) is 14.7 Å². The molecule has 6 heteroatoms. The summed E-state index contributed by atoms with van der Waals surface area (Å²) in [4.78, 5) is 24.6. The van der Waals surface area contributed by atoms with Gasteiger partial charge in [-0.15, -0.1) is 11.6 Å². The van der Waals surface area contributed by atoms with Crippen LogP contribution in [0.25, 0.3) is 0 Å². The first-order chi connectivity index (χ1) is 9.13. The van der Waals surface area contributed by atoms with Gasteiger partial charge in [-0.2, -0.15) is 0 Å². The molecule has 0 spiro atoms. The van der Waals surface area contributed by atoms with E-state index in [1.54, 1.807) is 0 Å². The number of nitrogens with zero attached hydrogens (tertiary/aromatic N) is 1. The third-order valence-corrected chi connectivity index (χ3v) is 2.88. The van der Waals surface area contributed by atoms with Crippen LogP contribution >= 0.6 is 11.6 Å². The molecule has 0 unspecified atom stereocenters. The summed E-state index contributed by atoms with van der Waals surface area (Å²) in [5, 5.41) is 9.28. The molecule has 1 N–H and O–H groups in total. The molecule has 0 saturated heterocycles. The van der Waals surface area contributed by atoms with E-state index in [0.29, 0.717) is 0 Å². The van der Waals surface area contributed by atoms with Gasteiger partial charge in [-0.3, -0.25) is 4.79 Å². The van der Waals surface area contributed by atoms with Gasteiger partial charge in [-0.1, -0.05) is 30.3 Å². The molecule has 19 heavy (non-hydrogen) atoms. The molecule has 0 saturated carbocycles. The van der Waals surface area contributed by atoms with Crippen molar-refractivity contribution in [1.82, 2.24) is 4.90 Å². The Balaban J connectivity index is 2.94. The second-order valence-electron chi connectivity index (χ2n) is 3.86. The number of halogens is 1. The van der Waals surface area contributed by atoms with Crippen molar-refractivity contribution < 1.29 is 19.4 Å². The molecule has 1 amide bonds. The number of carbonyl (C=O) groups is 2. The van der Waals surface area contributed by atoms with Crippen molar-refractivity contribution in [3.8, 4) is 0 Å². The van der Waals surface area contributed by atoms with Crippen LogP contribution in [0.5, 0.6) is 0 Å². The molecule has 0 aromatic heterocycles. The Hall–Kier alpha value is -1.59. The summed E-state index contributed by atoms with van der Waals surface area (Å²) in [6.07, 6.45) is 0. The highest BCUT2D eigenvalue weighted by Gasteiger charge is 2.29. The SMILES string of the molecule is COC(=O)[C@H](CO)N(Cc1ccccc1)C(=O)CCl. The first kappa shape index (κ1) is 15.5. The number of esters is 1. The van der Waals surface area contributed by atoms with E-state index in [1.165, 1.54) is 12.0 Å². The molecule has 0 aliphatic rings. The number of methoxy groups -OCH3 is 1. The number of aliphatic hydroxyl groups is 1. The molecule has 0 heterocycles. The van der Waals surface area contributed by atoms with Crippen LogP contribution in [0, 0.1) is 0 Å². The summed E-state index contributed by atoms with van der Waals surface area (Å²) < 4.78 is 4.58. The summed E-state index contributed by atoms with van der Waals surface area (Å²) in [6, 6.07) is 8.09. The van der Waals surface area contributed by atoms with E-state index in [2.05, 4.69) is 4.74 Å². The second kappa shape index (κ2) is 7.76. The van der Waals surface area contributed by atoms with Gasteiger partial charge in [-0.05, 0) is 5.56 Å². The van der Waals surface area contributed by atoms with E-state index in [-0.39, 0.29) is 12.4 Å². The van der Waals surface area contributed by atoms with Crippen LogP contribution in [0.15, 0.2) is 30.3 Å². The number of hydrogen-bond acceptors (Lipinski definition) is 4. The number of benzene rings is 1. The molecule has 0 aliphatic heterocycles. The number of aliphatic hydroxyl groups excluding tert-OH is 1. The molecule has 0 aliphatic carbocycles. The van der Waals surface area contributed by atoms with Gasteiger partial charge in [0.25, 0.3) is 0 Å². The van der Waals surface area contributed by atoms with Crippen molar-refractivity contribution in [2.45, 2.75) is 12.6 Å². The number of hydrogen-bond donors (Lipinski definition) is 1. The van der Waals surface area contributed by atoms with E-state index >= 15 is 0 Å². The van der Waals surface area contributed by atoms with Crippen molar-refractivity contribution in [2.24, 2.45) is 0 Å². The van der Waals surface area contributed by atoms with Crippen LogP contribution in [0.1, 0.15) is 5.56 Å². The molecule has 104 valence electrons. The summed E-state index contributed by atoms with van der Waals surface area (Å²) in [6.45, 7) is -0.325. The van der Waals surface area contributed by atoms with Crippen molar-refractivity contribution >= 4 is 23.5 Å². The van der Waals surface area contributed by atoms with Crippen molar-refractivity contribution in [1.29, 1.82) is 0 Å². The number of ether oxygens (including phenoxy) is 1. The average molecular weight is 286 g/mol. The Bertz CT molecular complexity index is 424. The molecule has 5 nitrogen and oxygen atoms in total. The molecular weight excluding hydrogens is 270 g/mol. The van der Waals surface area contributed by atoms with Crippen LogP contribution in [-0.2, 0) is 20.9 Å². The highest BCUT2D eigenvalue weighted by molar-refractivity contribution is 6.27. The number of alkyl halides is 1. The maximum Gasteiger partial charge on any atom is 0.331 e. The Morgan fingerprint density at radius 3 is 2.47 bits per heavy atom. The summed E-state index contributed by atoms with van der Waals surface area (Å²) in [5.74, 6) is -1.37. The summed E-state index contributed by atoms with van der Waals surface area (Å²) in [7, 11) is 1.21. The highest BCUT2D eigenvalue weighted by atomic mass is 35.5. The maximum absolute atomic E-state index is 11.8. The molecule has 0 fully saturated rings. The Labute approximate surface area is 116 Å². The van der Waals surface area contributed by atoms with Crippen LogP contribution in [0.3, 0.4) is 0 Å². The van der Waals surface area contributed by atoms with Crippen LogP contribution in [-0.4, -0.2) is 47.5 Å². The third kappa shape index (κ3) is 4.22. The first-order valence-electron chi connectivity index (χ1n) is 5.72. The number of amides is 1. The van der Waals surface area contributed by atoms with Gasteiger partial charge < -0.3 is 14.7 Å². The van der Waals surface area contributed by atoms with E-state index in [0.717, 1.165) is 5.56 Å². The number of carbonyl (C=O) groups excluding carboxylic acids is 2. The monoisotopic (exact) mass is 285 g/mol. The Morgan fingerprint density at radius 2 is 2.00 bits per heavy atom. The summed E-state index contributed by atoms with van der Waals surface area (Å²) >= 11 is 5.54. The van der Waals surface area contributed by atoms with E-state index in [4.69, 9.17) is 11.6 Å². The topological polar surface area (TPSA) is 66.8 Å². The molecule has 1 aromatic carbocycles. The normalized spacial score (nSPS) is 11.7. The van der Waals surface area contributed by atoms with Crippen LogP contribution in [0.4, 0.5) is 0 Å². The van der Waals surface area contributed by atoms with Gasteiger partial charge >= 0.3 is 5.97 Å². The highest BCUT2D eigenvalue weighted by Crippen LogP contribution is 2.11. The Kier molecular flexibility index (Phi) is 6.32. The lowest BCUT2D eigenvalue weighted by atomic mass is 10.1. The van der Waals surface area contributed by atoms with Crippen LogP contribution < -0.4 is 0 Å². The lowest BCUT2D eigenvalue weighted by Crippen LogP contribution is -2.47. The van der Waals surface area contributed by atoms with E-state index in [1.807, 2.05) is 30.3 Å². The Morgan fingerprint density at radius 1 is 1.37 bits per heavy atom. The first-order valence-corrected chi connectivity index (χ1v) is 6.25. The molecule has 1 atom stereocenters. The quantitative estimate of drug-likeness (QED) is 0.620. The van der Waals surface area contributed by atoms with Gasteiger partial charge in [0.2, 0.25) is 5.91 Å². The predicted octanol–water partition coefficient (Wildman–Crippen LogP) is 0.788. The fourth-order valence-electron chi connectivity index (χ4n) is 1.67. The van der Waals surface area contributed by atoms with Crippen LogP contribution in [0.2, 0.25) is 0 Å². The average Bonchev–Trinajstić information content (AvgIpc) is 2.46. The van der Waals surface area contributed by atoms with Gasteiger partial charge in [-0.25, -0.2) is 4.79 Å². The minimum Gasteiger partial charge on any atom is -0.467 e. The predicted molar refractivity (Wildman–Crippen MR) is 70.6 cm³/mol. The molecule has 1 rings (SSSR count). The molecular formula is C13H16ClNO4. The smallest absolute Gasteiger partial charge is 0.331 e. The number of rotatable bonds is 6. The molecule has 1 aromatic rings. The summed E-state index contributed by atoms with van der Waals surface area (Å²) in [5.41, 5.74) is 0.836. The maximum atomic E-state index is 11.8. The zero-order valence-electron chi connectivity index (χ0n) is 10.6. The standard InChI is InChI=1S/C13H16ClNO4/c1-19-13(18)11(9-16)15(12(17)7-14)8-10-5-3-2-4-6-10/h2-6,11,16H,7-9H2,1H3/t11-/m0/s1.